The number of methoxy groups -OCH3 is 1. The number of rotatable bonds is 11. The van der Waals surface area contributed by atoms with Crippen molar-refractivity contribution >= 4 is 17.3 Å². The Hall–Kier alpha value is -2.77. The highest BCUT2D eigenvalue weighted by Crippen LogP contribution is 2.19. The molecule has 2 aromatic rings. The predicted octanol–water partition coefficient (Wildman–Crippen LogP) is 3.32. The molecule has 156 valence electrons. The third-order valence-electron chi connectivity index (χ3n) is 4.46. The van der Waals surface area contributed by atoms with E-state index in [1.807, 2.05) is 36.4 Å². The maximum atomic E-state index is 12.1. The quantitative estimate of drug-likeness (QED) is 0.564. The Morgan fingerprint density at radius 1 is 1.00 bits per heavy atom. The summed E-state index contributed by atoms with van der Waals surface area (Å²) in [6, 6.07) is 14.8. The molecular weight excluding hydrogens is 372 g/mol. The Balaban J connectivity index is 1.37. The average molecular weight is 400 g/mol. The van der Waals surface area contributed by atoms with Gasteiger partial charge < -0.3 is 29.6 Å². The van der Waals surface area contributed by atoms with Crippen LogP contribution in [0.2, 0.25) is 0 Å². The van der Waals surface area contributed by atoms with Crippen LogP contribution in [-0.4, -0.2) is 52.1 Å². The van der Waals surface area contributed by atoms with Gasteiger partial charge in [-0.25, -0.2) is 0 Å². The van der Waals surface area contributed by atoms with Crippen molar-refractivity contribution in [3.8, 4) is 11.5 Å². The molecule has 0 saturated carbocycles. The zero-order chi connectivity index (χ0) is 20.3. The van der Waals surface area contributed by atoms with E-state index in [4.69, 9.17) is 18.9 Å². The van der Waals surface area contributed by atoms with Crippen LogP contribution in [0.25, 0.3) is 0 Å². The van der Waals surface area contributed by atoms with Gasteiger partial charge in [0.05, 0.1) is 19.3 Å². The van der Waals surface area contributed by atoms with Crippen molar-refractivity contribution in [2.24, 2.45) is 0 Å². The highest BCUT2D eigenvalue weighted by atomic mass is 16.5. The molecule has 1 heterocycles. The molecule has 0 bridgehead atoms. The second kappa shape index (κ2) is 11.3. The van der Waals surface area contributed by atoms with Crippen LogP contribution in [-0.2, 0) is 14.3 Å². The summed E-state index contributed by atoms with van der Waals surface area (Å²) in [6.45, 7) is 2.59. The van der Waals surface area contributed by atoms with E-state index in [1.54, 1.807) is 19.2 Å². The number of anilines is 2. The van der Waals surface area contributed by atoms with Gasteiger partial charge in [-0.15, -0.1) is 0 Å². The van der Waals surface area contributed by atoms with Crippen LogP contribution in [0.1, 0.15) is 12.8 Å². The summed E-state index contributed by atoms with van der Waals surface area (Å²) < 4.78 is 21.7. The van der Waals surface area contributed by atoms with E-state index in [0.29, 0.717) is 25.5 Å². The summed E-state index contributed by atoms with van der Waals surface area (Å²) in [5.41, 5.74) is 1.57. The van der Waals surface area contributed by atoms with Crippen LogP contribution in [0, 0.1) is 0 Å². The van der Waals surface area contributed by atoms with Crippen LogP contribution in [0.3, 0.4) is 0 Å². The van der Waals surface area contributed by atoms with Gasteiger partial charge in [0.15, 0.2) is 0 Å². The minimum Gasteiger partial charge on any atom is -0.491 e. The summed E-state index contributed by atoms with van der Waals surface area (Å²) in [4.78, 5) is 12.1. The molecule has 2 aromatic carbocycles. The number of amides is 1. The van der Waals surface area contributed by atoms with Gasteiger partial charge in [0.2, 0.25) is 5.91 Å². The van der Waals surface area contributed by atoms with Gasteiger partial charge in [0.1, 0.15) is 24.7 Å². The van der Waals surface area contributed by atoms with Crippen LogP contribution in [0.4, 0.5) is 11.4 Å². The predicted molar refractivity (Wildman–Crippen MR) is 112 cm³/mol. The van der Waals surface area contributed by atoms with E-state index in [-0.39, 0.29) is 18.6 Å². The zero-order valence-electron chi connectivity index (χ0n) is 16.7. The molecule has 0 aromatic heterocycles. The number of benzene rings is 2. The Labute approximate surface area is 171 Å². The highest BCUT2D eigenvalue weighted by Gasteiger charge is 2.15. The fraction of sp³-hybridized carbons (Fsp3) is 0.409. The molecule has 1 aliphatic rings. The van der Waals surface area contributed by atoms with Gasteiger partial charge in [-0.2, -0.15) is 0 Å². The van der Waals surface area contributed by atoms with E-state index < -0.39 is 0 Å². The van der Waals surface area contributed by atoms with Crippen molar-refractivity contribution in [1.29, 1.82) is 0 Å². The molecule has 2 N–H and O–H groups in total. The number of hydrogen-bond acceptors (Lipinski definition) is 6. The lowest BCUT2D eigenvalue weighted by Crippen LogP contribution is -2.21. The van der Waals surface area contributed by atoms with Gasteiger partial charge in [-0.3, -0.25) is 4.79 Å². The largest absolute Gasteiger partial charge is 0.491 e. The second-order valence-corrected chi connectivity index (χ2v) is 6.74. The van der Waals surface area contributed by atoms with Gasteiger partial charge in [-0.05, 0) is 61.4 Å². The van der Waals surface area contributed by atoms with Gasteiger partial charge >= 0.3 is 0 Å². The molecule has 7 nitrogen and oxygen atoms in total. The fourth-order valence-corrected chi connectivity index (χ4v) is 2.90. The van der Waals surface area contributed by atoms with Crippen molar-refractivity contribution in [1.82, 2.24) is 0 Å². The number of carbonyl (C=O) groups excluding carboxylic acids is 1. The van der Waals surface area contributed by atoms with Crippen molar-refractivity contribution < 1.29 is 23.7 Å². The molecule has 1 amide bonds. The van der Waals surface area contributed by atoms with Crippen molar-refractivity contribution in [2.75, 3.05) is 50.7 Å². The average Bonchev–Trinajstić information content (AvgIpc) is 3.27. The third-order valence-corrected chi connectivity index (χ3v) is 4.46. The normalized spacial score (nSPS) is 15.7. The Kier molecular flexibility index (Phi) is 8.15. The molecule has 1 saturated heterocycles. The minimum atomic E-state index is -0.128. The fourth-order valence-electron chi connectivity index (χ4n) is 2.90. The van der Waals surface area contributed by atoms with E-state index in [1.165, 1.54) is 0 Å². The molecule has 1 unspecified atom stereocenters. The van der Waals surface area contributed by atoms with Gasteiger partial charge in [-0.1, -0.05) is 0 Å². The van der Waals surface area contributed by atoms with Gasteiger partial charge in [0, 0.05) is 25.1 Å². The summed E-state index contributed by atoms with van der Waals surface area (Å²) in [7, 11) is 1.63. The molecule has 29 heavy (non-hydrogen) atoms. The van der Waals surface area contributed by atoms with E-state index in [9.17, 15) is 4.79 Å². The van der Waals surface area contributed by atoms with Gasteiger partial charge in [0.25, 0.3) is 0 Å². The Morgan fingerprint density at radius 3 is 2.34 bits per heavy atom. The van der Waals surface area contributed by atoms with Crippen LogP contribution < -0.4 is 20.1 Å². The maximum absolute atomic E-state index is 12.1. The molecule has 3 rings (SSSR count). The molecule has 1 atom stereocenters. The lowest BCUT2D eigenvalue weighted by atomic mass is 10.2. The molecule has 1 fully saturated rings. The van der Waals surface area contributed by atoms with Crippen molar-refractivity contribution in [2.45, 2.75) is 18.9 Å². The Morgan fingerprint density at radius 2 is 1.69 bits per heavy atom. The number of carbonyl (C=O) groups is 1. The molecule has 7 heteroatoms. The molecule has 0 radical (unpaired) electrons. The van der Waals surface area contributed by atoms with E-state index in [0.717, 1.165) is 36.6 Å². The molecule has 0 spiro atoms. The Bertz CT molecular complexity index is 743. The van der Waals surface area contributed by atoms with Crippen molar-refractivity contribution in [3.63, 3.8) is 0 Å². The molecule has 1 aliphatic heterocycles. The van der Waals surface area contributed by atoms with Crippen LogP contribution in [0.15, 0.2) is 48.5 Å². The summed E-state index contributed by atoms with van der Waals surface area (Å²) in [5.74, 6) is 1.40. The first-order valence-corrected chi connectivity index (χ1v) is 9.83. The lowest BCUT2D eigenvalue weighted by Gasteiger charge is -2.12. The SMILES string of the molecule is COCCOc1ccc(NC(=O)CNc2ccc(OCC3CCCO3)cc2)cc1. The first-order chi connectivity index (χ1) is 14.2. The molecule has 0 aliphatic carbocycles. The highest BCUT2D eigenvalue weighted by molar-refractivity contribution is 5.93. The van der Waals surface area contributed by atoms with E-state index >= 15 is 0 Å². The maximum Gasteiger partial charge on any atom is 0.243 e. The van der Waals surface area contributed by atoms with Crippen LogP contribution in [0.5, 0.6) is 11.5 Å². The van der Waals surface area contributed by atoms with Crippen molar-refractivity contribution in [3.05, 3.63) is 48.5 Å². The number of ether oxygens (including phenoxy) is 4. The summed E-state index contributed by atoms with van der Waals surface area (Å²) in [5, 5.41) is 5.95. The first kappa shape index (κ1) is 21.0. The lowest BCUT2D eigenvalue weighted by molar-refractivity contribution is -0.114. The number of nitrogens with one attached hydrogen (secondary N) is 2. The molecular formula is C22H28N2O5. The summed E-state index contributed by atoms with van der Waals surface area (Å²) >= 11 is 0. The first-order valence-electron chi connectivity index (χ1n) is 9.83. The number of hydrogen-bond donors (Lipinski definition) is 2. The second-order valence-electron chi connectivity index (χ2n) is 6.74. The van der Waals surface area contributed by atoms with E-state index in [2.05, 4.69) is 10.6 Å². The minimum absolute atomic E-state index is 0.128. The third kappa shape index (κ3) is 7.29. The zero-order valence-corrected chi connectivity index (χ0v) is 16.7. The monoisotopic (exact) mass is 400 g/mol. The topological polar surface area (TPSA) is 78.1 Å². The smallest absolute Gasteiger partial charge is 0.243 e. The van der Waals surface area contributed by atoms with Crippen LogP contribution >= 0.6 is 0 Å². The summed E-state index contributed by atoms with van der Waals surface area (Å²) in [6.07, 6.45) is 2.35. The standard InChI is InChI=1S/C22H28N2O5/c1-26-13-14-28-19-10-6-18(7-11-19)24-22(25)15-23-17-4-8-20(9-5-17)29-16-21-3-2-12-27-21/h4-11,21,23H,2-3,12-16H2,1H3,(H,24,25).